The van der Waals surface area contributed by atoms with E-state index >= 15 is 0 Å². The van der Waals surface area contributed by atoms with Gasteiger partial charge in [-0.1, -0.05) is 17.7 Å². The Morgan fingerprint density at radius 2 is 1.94 bits per heavy atom. The number of morpholine rings is 1. The average Bonchev–Trinajstić information content (AvgIpc) is 3.21. The number of carbonyl (C=O) groups excluding carboxylic acids is 2. The number of hydrogen-bond acceptors (Lipinski definition) is 6. The number of nitrogens with zero attached hydrogens (tertiary/aromatic N) is 2. The molecule has 0 radical (unpaired) electrons. The van der Waals surface area contributed by atoms with Crippen LogP contribution in [0.1, 0.15) is 6.42 Å². The lowest BCUT2D eigenvalue weighted by atomic mass is 10.1. The highest BCUT2D eigenvalue weighted by Crippen LogP contribution is 2.32. The van der Waals surface area contributed by atoms with Crippen LogP contribution in [0, 0.1) is 5.92 Å². The summed E-state index contributed by atoms with van der Waals surface area (Å²) in [7, 11) is -2.32. The van der Waals surface area contributed by atoms with Crippen molar-refractivity contribution in [1.29, 1.82) is 0 Å². The number of nitrogens with one attached hydrogen (secondary N) is 1. The summed E-state index contributed by atoms with van der Waals surface area (Å²) in [6.45, 7) is 1.38. The second-order valence-electron chi connectivity index (χ2n) is 7.75. The van der Waals surface area contributed by atoms with Crippen molar-refractivity contribution in [1.82, 2.24) is 4.31 Å². The van der Waals surface area contributed by atoms with Crippen LogP contribution < -0.4 is 15.0 Å². The van der Waals surface area contributed by atoms with Gasteiger partial charge >= 0.3 is 0 Å². The minimum absolute atomic E-state index is 0.0342. The second kappa shape index (κ2) is 9.68. The fourth-order valence-corrected chi connectivity index (χ4v) is 5.51. The molecule has 0 bridgehead atoms. The zero-order valence-corrected chi connectivity index (χ0v) is 19.6. The lowest BCUT2D eigenvalue weighted by Gasteiger charge is -2.26. The Bertz CT molecular complexity index is 1170. The van der Waals surface area contributed by atoms with Crippen LogP contribution in [-0.4, -0.2) is 64.5 Å². The molecule has 2 aromatic carbocycles. The molecule has 2 fully saturated rings. The molecule has 2 aromatic rings. The molecule has 1 unspecified atom stereocenters. The van der Waals surface area contributed by atoms with E-state index in [0.29, 0.717) is 29.7 Å². The maximum atomic E-state index is 13.0. The maximum Gasteiger partial charge on any atom is 0.243 e. The number of halogens is 1. The molecule has 33 heavy (non-hydrogen) atoms. The number of amides is 2. The number of benzene rings is 2. The Hall–Kier alpha value is -2.66. The van der Waals surface area contributed by atoms with Crippen molar-refractivity contribution in [3.05, 3.63) is 47.5 Å². The number of rotatable bonds is 6. The highest BCUT2D eigenvalue weighted by atomic mass is 35.5. The molecule has 2 aliphatic rings. The van der Waals surface area contributed by atoms with Crippen molar-refractivity contribution in [3.63, 3.8) is 0 Å². The topological polar surface area (TPSA) is 105 Å². The molecule has 9 nitrogen and oxygen atoms in total. The van der Waals surface area contributed by atoms with E-state index < -0.39 is 21.8 Å². The largest absolute Gasteiger partial charge is 0.495 e. The van der Waals surface area contributed by atoms with Gasteiger partial charge in [-0.3, -0.25) is 9.59 Å². The number of carbonyl (C=O) groups is 2. The number of ether oxygens (including phenoxy) is 2. The van der Waals surface area contributed by atoms with Gasteiger partial charge in [0.25, 0.3) is 0 Å². The Kier molecular flexibility index (Phi) is 6.89. The molecule has 176 valence electrons. The van der Waals surface area contributed by atoms with Crippen molar-refractivity contribution in [2.45, 2.75) is 11.3 Å². The molecule has 4 rings (SSSR count). The monoisotopic (exact) mass is 493 g/mol. The Balaban J connectivity index is 1.53. The summed E-state index contributed by atoms with van der Waals surface area (Å²) in [4.78, 5) is 27.1. The highest BCUT2D eigenvalue weighted by Gasteiger charge is 2.36. The van der Waals surface area contributed by atoms with Crippen molar-refractivity contribution in [2.24, 2.45) is 5.92 Å². The molecule has 1 N–H and O–H groups in total. The molecule has 2 heterocycles. The first kappa shape index (κ1) is 23.5. The minimum atomic E-state index is -3.75. The number of sulfonamides is 1. The van der Waals surface area contributed by atoms with Crippen molar-refractivity contribution in [3.8, 4) is 5.75 Å². The third-order valence-electron chi connectivity index (χ3n) is 5.65. The third kappa shape index (κ3) is 4.98. The van der Waals surface area contributed by atoms with E-state index in [0.717, 1.165) is 0 Å². The summed E-state index contributed by atoms with van der Waals surface area (Å²) in [5, 5.41) is 3.24. The zero-order valence-electron chi connectivity index (χ0n) is 18.0. The average molecular weight is 494 g/mol. The van der Waals surface area contributed by atoms with Crippen LogP contribution in [0.3, 0.4) is 0 Å². The van der Waals surface area contributed by atoms with Gasteiger partial charge in [0.05, 0.1) is 36.8 Å². The summed E-state index contributed by atoms with van der Waals surface area (Å²) >= 11 is 6.03. The zero-order chi connectivity index (χ0) is 23.6. The predicted octanol–water partition coefficient (Wildman–Crippen LogP) is 2.36. The van der Waals surface area contributed by atoms with Gasteiger partial charge in [-0.15, -0.1) is 0 Å². The smallest absolute Gasteiger partial charge is 0.243 e. The fourth-order valence-electron chi connectivity index (χ4n) is 3.89. The Labute approximate surface area is 197 Å². The molecule has 0 aliphatic carbocycles. The van der Waals surface area contributed by atoms with Crippen LogP contribution in [0.5, 0.6) is 5.75 Å². The van der Waals surface area contributed by atoms with E-state index in [9.17, 15) is 18.0 Å². The van der Waals surface area contributed by atoms with Gasteiger partial charge < -0.3 is 19.7 Å². The van der Waals surface area contributed by atoms with E-state index in [1.54, 1.807) is 24.3 Å². The summed E-state index contributed by atoms with van der Waals surface area (Å²) < 4.78 is 37.9. The molecular weight excluding hydrogens is 470 g/mol. The summed E-state index contributed by atoms with van der Waals surface area (Å²) in [6.07, 6.45) is 0.0342. The van der Waals surface area contributed by atoms with E-state index in [1.807, 2.05) is 0 Å². The van der Waals surface area contributed by atoms with Crippen LogP contribution in [-0.2, 0) is 24.3 Å². The molecule has 11 heteroatoms. The maximum absolute atomic E-state index is 13.0. The van der Waals surface area contributed by atoms with Crippen LogP contribution in [0.25, 0.3) is 0 Å². The third-order valence-corrected chi connectivity index (χ3v) is 7.78. The Morgan fingerprint density at radius 1 is 1.18 bits per heavy atom. The predicted molar refractivity (Wildman–Crippen MR) is 123 cm³/mol. The lowest BCUT2D eigenvalue weighted by Crippen LogP contribution is -2.40. The first-order valence-electron chi connectivity index (χ1n) is 10.4. The van der Waals surface area contributed by atoms with Gasteiger partial charge in [0.15, 0.2) is 0 Å². The van der Waals surface area contributed by atoms with Crippen LogP contribution >= 0.6 is 11.6 Å². The first-order chi connectivity index (χ1) is 15.8. The van der Waals surface area contributed by atoms with Gasteiger partial charge in [0, 0.05) is 36.8 Å². The molecule has 2 aliphatic heterocycles. The van der Waals surface area contributed by atoms with E-state index in [2.05, 4.69) is 5.32 Å². The van der Waals surface area contributed by atoms with E-state index in [1.165, 1.54) is 34.5 Å². The minimum Gasteiger partial charge on any atom is -0.495 e. The molecule has 0 saturated carbocycles. The normalized spacial score (nSPS) is 19.5. The summed E-state index contributed by atoms with van der Waals surface area (Å²) in [5.41, 5.74) is 0.851. The standard InChI is InChI=1S/C22H24ClN3O6S/c1-31-20-6-5-18(33(29,30)25-7-9-32-10-8-25)13-19(20)24-22(28)15-11-21(27)26(14-15)17-4-2-3-16(23)12-17/h2-6,12-13,15H,7-11,14H2,1H3,(H,24,28). The van der Waals surface area contributed by atoms with Gasteiger partial charge in [-0.2, -0.15) is 4.31 Å². The van der Waals surface area contributed by atoms with E-state index in [-0.39, 0.29) is 42.5 Å². The Morgan fingerprint density at radius 3 is 2.64 bits per heavy atom. The van der Waals surface area contributed by atoms with Crippen LogP contribution in [0.15, 0.2) is 47.4 Å². The molecule has 0 aromatic heterocycles. The quantitative estimate of drug-likeness (QED) is 0.662. The summed E-state index contributed by atoms with van der Waals surface area (Å²) in [5.74, 6) is -0.874. The van der Waals surface area contributed by atoms with Gasteiger partial charge in [0.2, 0.25) is 21.8 Å². The van der Waals surface area contributed by atoms with Gasteiger partial charge in [-0.05, 0) is 36.4 Å². The molecule has 1 atom stereocenters. The van der Waals surface area contributed by atoms with E-state index in [4.69, 9.17) is 21.1 Å². The number of hydrogen-bond donors (Lipinski definition) is 1. The first-order valence-corrected chi connectivity index (χ1v) is 12.2. The van der Waals surface area contributed by atoms with Gasteiger partial charge in [-0.25, -0.2) is 8.42 Å². The number of methoxy groups -OCH3 is 1. The SMILES string of the molecule is COc1ccc(S(=O)(=O)N2CCOCC2)cc1NC(=O)C1CC(=O)N(c2cccc(Cl)c2)C1. The number of anilines is 2. The lowest BCUT2D eigenvalue weighted by molar-refractivity contribution is -0.122. The van der Waals surface area contributed by atoms with Crippen LogP contribution in [0.4, 0.5) is 11.4 Å². The van der Waals surface area contributed by atoms with Crippen molar-refractivity contribution >= 4 is 44.8 Å². The fraction of sp³-hybridized carbons (Fsp3) is 0.364. The van der Waals surface area contributed by atoms with Crippen LogP contribution in [0.2, 0.25) is 5.02 Å². The van der Waals surface area contributed by atoms with Crippen molar-refractivity contribution < 1.29 is 27.5 Å². The second-order valence-corrected chi connectivity index (χ2v) is 10.1. The molecule has 0 spiro atoms. The molecular formula is C22H24ClN3O6S. The summed E-state index contributed by atoms with van der Waals surface area (Å²) in [6, 6.07) is 11.2. The molecule has 2 amide bonds. The highest BCUT2D eigenvalue weighted by molar-refractivity contribution is 7.89. The molecule has 2 saturated heterocycles. The van der Waals surface area contributed by atoms with Crippen molar-refractivity contribution in [2.75, 3.05) is 50.2 Å². The van der Waals surface area contributed by atoms with Gasteiger partial charge in [0.1, 0.15) is 5.75 Å².